The van der Waals surface area contributed by atoms with Gasteiger partial charge in [-0.25, -0.2) is 4.79 Å². The summed E-state index contributed by atoms with van der Waals surface area (Å²) >= 11 is 11.8. The summed E-state index contributed by atoms with van der Waals surface area (Å²) < 4.78 is 1.84. The van der Waals surface area contributed by atoms with Crippen molar-refractivity contribution in [3.8, 4) is 5.69 Å². The molecular formula is C13H11Cl2NO2. The predicted octanol–water partition coefficient (Wildman–Crippen LogP) is 4.10. The first kappa shape index (κ1) is 13.0. The smallest absolute Gasteiger partial charge is 0.337 e. The number of carbonyl (C=O) groups is 1. The van der Waals surface area contributed by atoms with Gasteiger partial charge in [0.25, 0.3) is 0 Å². The first-order valence-corrected chi connectivity index (χ1v) is 6.05. The van der Waals surface area contributed by atoms with Gasteiger partial charge in [0, 0.05) is 17.1 Å². The van der Waals surface area contributed by atoms with Gasteiger partial charge >= 0.3 is 5.97 Å². The second kappa shape index (κ2) is 4.67. The number of benzene rings is 1. The van der Waals surface area contributed by atoms with E-state index in [4.69, 9.17) is 28.3 Å². The first-order chi connectivity index (χ1) is 8.41. The van der Waals surface area contributed by atoms with Gasteiger partial charge in [-0.05, 0) is 38.1 Å². The van der Waals surface area contributed by atoms with E-state index in [1.807, 2.05) is 11.5 Å². The molecule has 0 spiro atoms. The monoisotopic (exact) mass is 283 g/mol. The molecule has 0 atom stereocenters. The van der Waals surface area contributed by atoms with Crippen LogP contribution in [0.15, 0.2) is 24.3 Å². The normalized spacial score (nSPS) is 10.7. The van der Waals surface area contributed by atoms with Crippen molar-refractivity contribution in [1.29, 1.82) is 0 Å². The van der Waals surface area contributed by atoms with Crippen LogP contribution in [-0.4, -0.2) is 15.6 Å². The number of carboxylic acid groups (broad SMARTS) is 1. The lowest BCUT2D eigenvalue weighted by Gasteiger charge is -2.10. The van der Waals surface area contributed by atoms with Crippen LogP contribution in [0.1, 0.15) is 21.7 Å². The number of nitrogens with zero attached hydrogens (tertiary/aromatic N) is 1. The van der Waals surface area contributed by atoms with Crippen LogP contribution in [0.25, 0.3) is 5.69 Å². The van der Waals surface area contributed by atoms with E-state index in [2.05, 4.69) is 0 Å². The molecule has 0 aliphatic rings. The lowest BCUT2D eigenvalue weighted by Crippen LogP contribution is -2.02. The lowest BCUT2D eigenvalue weighted by molar-refractivity contribution is 0.0696. The maximum Gasteiger partial charge on any atom is 0.337 e. The van der Waals surface area contributed by atoms with Crippen molar-refractivity contribution in [1.82, 2.24) is 4.57 Å². The van der Waals surface area contributed by atoms with Gasteiger partial charge in [-0.1, -0.05) is 23.2 Å². The SMILES string of the molecule is Cc1cc(C(=O)O)c(C)n1-c1ccc(Cl)c(Cl)c1. The Morgan fingerprint density at radius 1 is 1.17 bits per heavy atom. The van der Waals surface area contributed by atoms with Gasteiger partial charge < -0.3 is 9.67 Å². The topological polar surface area (TPSA) is 42.2 Å². The summed E-state index contributed by atoms with van der Waals surface area (Å²) in [6.07, 6.45) is 0. The summed E-state index contributed by atoms with van der Waals surface area (Å²) in [6, 6.07) is 6.86. The second-order valence-corrected chi connectivity index (χ2v) is 4.84. The zero-order valence-electron chi connectivity index (χ0n) is 9.87. The van der Waals surface area contributed by atoms with Crippen molar-refractivity contribution in [3.63, 3.8) is 0 Å². The van der Waals surface area contributed by atoms with Crippen molar-refractivity contribution >= 4 is 29.2 Å². The van der Waals surface area contributed by atoms with Crippen molar-refractivity contribution < 1.29 is 9.90 Å². The Bertz CT molecular complexity index is 632. The van der Waals surface area contributed by atoms with Crippen LogP contribution in [-0.2, 0) is 0 Å². The maximum atomic E-state index is 11.1. The summed E-state index contributed by atoms with van der Waals surface area (Å²) in [5.74, 6) is -0.936. The summed E-state index contributed by atoms with van der Waals surface area (Å²) in [4.78, 5) is 11.1. The zero-order valence-corrected chi connectivity index (χ0v) is 11.4. The first-order valence-electron chi connectivity index (χ1n) is 5.29. The lowest BCUT2D eigenvalue weighted by atomic mass is 10.2. The predicted molar refractivity (Wildman–Crippen MR) is 72.2 cm³/mol. The van der Waals surface area contributed by atoms with Crippen LogP contribution < -0.4 is 0 Å². The standard InChI is InChI=1S/C13H11Cl2NO2/c1-7-5-10(13(17)18)8(2)16(7)9-3-4-11(14)12(15)6-9/h3-6H,1-2H3,(H,17,18). The molecule has 18 heavy (non-hydrogen) atoms. The molecule has 1 aromatic heterocycles. The Hall–Kier alpha value is -1.45. The van der Waals surface area contributed by atoms with Gasteiger partial charge in [-0.2, -0.15) is 0 Å². The number of rotatable bonds is 2. The molecule has 3 nitrogen and oxygen atoms in total. The molecule has 0 aliphatic heterocycles. The molecule has 0 fully saturated rings. The van der Waals surface area contributed by atoms with Gasteiger partial charge in [0.15, 0.2) is 0 Å². The van der Waals surface area contributed by atoms with E-state index in [0.717, 1.165) is 11.4 Å². The van der Waals surface area contributed by atoms with E-state index in [1.54, 1.807) is 31.2 Å². The third kappa shape index (κ3) is 2.11. The molecule has 0 radical (unpaired) electrons. The highest BCUT2D eigenvalue weighted by atomic mass is 35.5. The molecule has 0 bridgehead atoms. The zero-order chi connectivity index (χ0) is 13.4. The van der Waals surface area contributed by atoms with Crippen molar-refractivity contribution in [3.05, 3.63) is 51.3 Å². The van der Waals surface area contributed by atoms with Crippen LogP contribution in [0.2, 0.25) is 10.0 Å². The quantitative estimate of drug-likeness (QED) is 0.902. The van der Waals surface area contributed by atoms with Crippen molar-refractivity contribution in [2.45, 2.75) is 13.8 Å². The number of aromatic carboxylic acids is 1. The average molecular weight is 284 g/mol. The van der Waals surface area contributed by atoms with Gasteiger partial charge in [-0.3, -0.25) is 0 Å². The minimum absolute atomic E-state index is 0.290. The number of hydrogen-bond acceptors (Lipinski definition) is 1. The molecule has 0 aliphatic carbocycles. The van der Waals surface area contributed by atoms with E-state index in [0.29, 0.717) is 21.3 Å². The highest BCUT2D eigenvalue weighted by Gasteiger charge is 2.16. The summed E-state index contributed by atoms with van der Waals surface area (Å²) in [5.41, 5.74) is 2.59. The molecule has 5 heteroatoms. The Morgan fingerprint density at radius 2 is 1.83 bits per heavy atom. The van der Waals surface area contributed by atoms with Crippen LogP contribution >= 0.6 is 23.2 Å². The van der Waals surface area contributed by atoms with E-state index in [9.17, 15) is 4.79 Å². The van der Waals surface area contributed by atoms with E-state index < -0.39 is 5.97 Å². The largest absolute Gasteiger partial charge is 0.478 e. The number of halogens is 2. The summed E-state index contributed by atoms with van der Waals surface area (Å²) in [7, 11) is 0. The summed E-state index contributed by atoms with van der Waals surface area (Å²) in [6.45, 7) is 3.61. The van der Waals surface area contributed by atoms with Gasteiger partial charge in [0.1, 0.15) is 0 Å². The molecule has 0 amide bonds. The number of carboxylic acids is 1. The minimum atomic E-state index is -0.936. The highest BCUT2D eigenvalue weighted by Crippen LogP contribution is 2.27. The molecule has 2 aromatic rings. The summed E-state index contributed by atoms with van der Waals surface area (Å²) in [5, 5.41) is 10.0. The molecule has 1 aromatic carbocycles. The third-order valence-corrected chi connectivity index (χ3v) is 3.56. The Labute approximate surface area is 115 Å². The van der Waals surface area contributed by atoms with E-state index >= 15 is 0 Å². The second-order valence-electron chi connectivity index (χ2n) is 4.02. The molecule has 0 saturated carbocycles. The molecule has 1 heterocycles. The fraction of sp³-hybridized carbons (Fsp3) is 0.154. The number of aryl methyl sites for hydroxylation is 1. The number of hydrogen-bond donors (Lipinski definition) is 1. The van der Waals surface area contributed by atoms with Gasteiger partial charge in [0.05, 0.1) is 15.6 Å². The Morgan fingerprint density at radius 3 is 2.33 bits per heavy atom. The molecule has 2 rings (SSSR count). The van der Waals surface area contributed by atoms with Crippen molar-refractivity contribution in [2.24, 2.45) is 0 Å². The third-order valence-electron chi connectivity index (χ3n) is 2.82. The molecule has 94 valence electrons. The molecule has 0 unspecified atom stereocenters. The van der Waals surface area contributed by atoms with Crippen LogP contribution in [0.5, 0.6) is 0 Å². The van der Waals surface area contributed by atoms with Crippen LogP contribution in [0.4, 0.5) is 0 Å². The fourth-order valence-electron chi connectivity index (χ4n) is 2.00. The van der Waals surface area contributed by atoms with Crippen LogP contribution in [0, 0.1) is 13.8 Å². The Kier molecular flexibility index (Phi) is 3.37. The number of aromatic nitrogens is 1. The van der Waals surface area contributed by atoms with Crippen LogP contribution in [0.3, 0.4) is 0 Å². The average Bonchev–Trinajstić information content (AvgIpc) is 2.59. The molecular weight excluding hydrogens is 273 g/mol. The maximum absolute atomic E-state index is 11.1. The minimum Gasteiger partial charge on any atom is -0.478 e. The molecule has 1 N–H and O–H groups in total. The van der Waals surface area contributed by atoms with Crippen molar-refractivity contribution in [2.75, 3.05) is 0 Å². The van der Waals surface area contributed by atoms with Gasteiger partial charge in [-0.15, -0.1) is 0 Å². The Balaban J connectivity index is 2.64. The van der Waals surface area contributed by atoms with E-state index in [1.165, 1.54) is 0 Å². The molecule has 0 saturated heterocycles. The van der Waals surface area contributed by atoms with Gasteiger partial charge in [0.2, 0.25) is 0 Å². The fourth-order valence-corrected chi connectivity index (χ4v) is 2.29. The van der Waals surface area contributed by atoms with E-state index in [-0.39, 0.29) is 0 Å². The highest BCUT2D eigenvalue weighted by molar-refractivity contribution is 6.42.